The first-order valence-electron chi connectivity index (χ1n) is 5.34. The van der Waals surface area contributed by atoms with Crippen molar-refractivity contribution in [1.82, 2.24) is 4.90 Å². The Balaban J connectivity index is 3.75. The Hall–Kier alpha value is -0.0400. The molecule has 1 heteroatoms. The first-order valence-corrected chi connectivity index (χ1v) is 5.34. The molecule has 1 atom stereocenters. The average molecular weight is 171 g/mol. The first-order chi connectivity index (χ1) is 5.65. The van der Waals surface area contributed by atoms with E-state index in [0.717, 1.165) is 11.8 Å². The summed E-state index contributed by atoms with van der Waals surface area (Å²) in [5, 5.41) is 0. The lowest BCUT2D eigenvalue weighted by Crippen LogP contribution is -2.27. The minimum atomic E-state index is 0.852. The van der Waals surface area contributed by atoms with Crippen LogP contribution >= 0.6 is 0 Å². The van der Waals surface area contributed by atoms with E-state index in [2.05, 4.69) is 39.6 Å². The zero-order chi connectivity index (χ0) is 9.56. The van der Waals surface area contributed by atoms with Gasteiger partial charge in [-0.1, -0.05) is 40.5 Å². The number of hydrogen-bond acceptors (Lipinski definition) is 1. The predicted octanol–water partition coefficient (Wildman–Crippen LogP) is 3.01. The van der Waals surface area contributed by atoms with Crippen molar-refractivity contribution in [1.29, 1.82) is 0 Å². The van der Waals surface area contributed by atoms with Crippen LogP contribution in [0.4, 0.5) is 0 Å². The second-order valence-electron chi connectivity index (χ2n) is 3.91. The molecule has 74 valence electrons. The van der Waals surface area contributed by atoms with E-state index in [1.807, 2.05) is 0 Å². The molecule has 0 heterocycles. The number of nitrogens with zero attached hydrogens (tertiary/aromatic N) is 1. The molecule has 0 aliphatic rings. The van der Waals surface area contributed by atoms with Crippen molar-refractivity contribution in [3.63, 3.8) is 0 Å². The monoisotopic (exact) mass is 171 g/mol. The van der Waals surface area contributed by atoms with Crippen LogP contribution in [0.5, 0.6) is 0 Å². The molecule has 0 aliphatic heterocycles. The Morgan fingerprint density at radius 3 is 1.92 bits per heavy atom. The van der Waals surface area contributed by atoms with Gasteiger partial charge < -0.3 is 4.90 Å². The highest BCUT2D eigenvalue weighted by Gasteiger charge is 2.14. The second-order valence-corrected chi connectivity index (χ2v) is 3.91. The van der Waals surface area contributed by atoms with Crippen molar-refractivity contribution in [3.05, 3.63) is 0 Å². The second kappa shape index (κ2) is 6.47. The molecule has 0 fully saturated rings. The molecule has 0 spiro atoms. The van der Waals surface area contributed by atoms with Gasteiger partial charge in [0.05, 0.1) is 0 Å². The zero-order valence-corrected chi connectivity index (χ0v) is 9.43. The molecule has 0 aromatic heterocycles. The third-order valence-corrected chi connectivity index (χ3v) is 2.99. The van der Waals surface area contributed by atoms with Gasteiger partial charge in [0.2, 0.25) is 0 Å². The summed E-state index contributed by atoms with van der Waals surface area (Å²) in [6, 6.07) is 0. The molecule has 1 nitrogen and oxygen atoms in total. The van der Waals surface area contributed by atoms with Crippen LogP contribution in [-0.4, -0.2) is 25.0 Å². The molecule has 0 N–H and O–H groups in total. The highest BCUT2D eigenvalue weighted by atomic mass is 15.1. The summed E-state index contributed by atoms with van der Waals surface area (Å²) in [7, 11) is 2.21. The van der Waals surface area contributed by atoms with E-state index in [0.29, 0.717) is 0 Å². The molecule has 12 heavy (non-hydrogen) atoms. The molecule has 0 aliphatic carbocycles. The third-order valence-electron chi connectivity index (χ3n) is 2.99. The summed E-state index contributed by atoms with van der Waals surface area (Å²) in [4.78, 5) is 2.41. The molecule has 0 bridgehead atoms. The molecule has 0 rings (SSSR count). The molecule has 0 aromatic carbocycles. The fourth-order valence-electron chi connectivity index (χ4n) is 1.86. The predicted molar refractivity (Wildman–Crippen MR) is 56.4 cm³/mol. The highest BCUT2D eigenvalue weighted by molar-refractivity contribution is 4.66. The van der Waals surface area contributed by atoms with E-state index in [9.17, 15) is 0 Å². The quantitative estimate of drug-likeness (QED) is 0.594. The summed E-state index contributed by atoms with van der Waals surface area (Å²) >= 11 is 0. The van der Waals surface area contributed by atoms with Crippen LogP contribution in [0, 0.1) is 11.8 Å². The summed E-state index contributed by atoms with van der Waals surface area (Å²) < 4.78 is 0. The molecule has 1 unspecified atom stereocenters. The standard InChI is InChI=1S/C11H25N/c1-6-11(7-2)10(4)9-12(5)8-3/h10-11H,6-9H2,1-5H3. The van der Waals surface area contributed by atoms with Crippen LogP contribution in [-0.2, 0) is 0 Å². The van der Waals surface area contributed by atoms with Crippen LogP contribution in [0.1, 0.15) is 40.5 Å². The van der Waals surface area contributed by atoms with Crippen molar-refractivity contribution in [2.45, 2.75) is 40.5 Å². The van der Waals surface area contributed by atoms with Crippen LogP contribution in [0.3, 0.4) is 0 Å². The lowest BCUT2D eigenvalue weighted by Gasteiger charge is -2.25. The Morgan fingerprint density at radius 1 is 1.08 bits per heavy atom. The molecule has 0 radical (unpaired) electrons. The van der Waals surface area contributed by atoms with Gasteiger partial charge in [0, 0.05) is 6.54 Å². The topological polar surface area (TPSA) is 3.24 Å². The highest BCUT2D eigenvalue weighted by Crippen LogP contribution is 2.19. The molecular weight excluding hydrogens is 146 g/mol. The maximum Gasteiger partial charge on any atom is 0.000649 e. The van der Waals surface area contributed by atoms with E-state index in [4.69, 9.17) is 0 Å². The van der Waals surface area contributed by atoms with Crippen LogP contribution in [0.15, 0.2) is 0 Å². The van der Waals surface area contributed by atoms with Gasteiger partial charge in [0.1, 0.15) is 0 Å². The number of rotatable bonds is 6. The van der Waals surface area contributed by atoms with Crippen LogP contribution in [0.2, 0.25) is 0 Å². The van der Waals surface area contributed by atoms with Crippen molar-refractivity contribution in [3.8, 4) is 0 Å². The first kappa shape index (κ1) is 12.0. The normalized spacial score (nSPS) is 14.2. The average Bonchev–Trinajstić information content (AvgIpc) is 2.06. The van der Waals surface area contributed by atoms with Gasteiger partial charge in [-0.3, -0.25) is 0 Å². The largest absolute Gasteiger partial charge is 0.306 e. The molecule has 0 saturated carbocycles. The summed E-state index contributed by atoms with van der Waals surface area (Å²) in [6.45, 7) is 11.6. The van der Waals surface area contributed by atoms with Gasteiger partial charge in [-0.15, -0.1) is 0 Å². The van der Waals surface area contributed by atoms with Crippen molar-refractivity contribution in [2.24, 2.45) is 11.8 Å². The minimum Gasteiger partial charge on any atom is -0.306 e. The van der Waals surface area contributed by atoms with E-state index >= 15 is 0 Å². The minimum absolute atomic E-state index is 0.852. The van der Waals surface area contributed by atoms with Crippen molar-refractivity contribution in [2.75, 3.05) is 20.1 Å². The van der Waals surface area contributed by atoms with E-state index in [1.165, 1.54) is 25.9 Å². The fourth-order valence-corrected chi connectivity index (χ4v) is 1.86. The number of hydrogen-bond donors (Lipinski definition) is 0. The van der Waals surface area contributed by atoms with E-state index < -0.39 is 0 Å². The fraction of sp³-hybridized carbons (Fsp3) is 1.00. The molecular formula is C11H25N. The van der Waals surface area contributed by atoms with E-state index in [-0.39, 0.29) is 0 Å². The lowest BCUT2D eigenvalue weighted by molar-refractivity contribution is 0.231. The summed E-state index contributed by atoms with van der Waals surface area (Å²) in [5.41, 5.74) is 0. The summed E-state index contributed by atoms with van der Waals surface area (Å²) in [5.74, 6) is 1.77. The van der Waals surface area contributed by atoms with Gasteiger partial charge >= 0.3 is 0 Å². The summed E-state index contributed by atoms with van der Waals surface area (Å²) in [6.07, 6.45) is 2.66. The molecule has 0 saturated heterocycles. The maximum atomic E-state index is 2.41. The van der Waals surface area contributed by atoms with Crippen LogP contribution < -0.4 is 0 Å². The van der Waals surface area contributed by atoms with Gasteiger partial charge in [0.15, 0.2) is 0 Å². The van der Waals surface area contributed by atoms with Gasteiger partial charge in [-0.05, 0) is 25.4 Å². The Kier molecular flexibility index (Phi) is 6.45. The van der Waals surface area contributed by atoms with Gasteiger partial charge in [0.25, 0.3) is 0 Å². The smallest absolute Gasteiger partial charge is 0.000649 e. The maximum absolute atomic E-state index is 2.41. The Morgan fingerprint density at radius 2 is 1.58 bits per heavy atom. The molecule has 0 amide bonds. The van der Waals surface area contributed by atoms with Gasteiger partial charge in [-0.25, -0.2) is 0 Å². The van der Waals surface area contributed by atoms with Crippen LogP contribution in [0.25, 0.3) is 0 Å². The zero-order valence-electron chi connectivity index (χ0n) is 9.43. The SMILES string of the molecule is CCC(CC)C(C)CN(C)CC. The Bertz CT molecular complexity index is 97.2. The van der Waals surface area contributed by atoms with Gasteiger partial charge in [-0.2, -0.15) is 0 Å². The lowest BCUT2D eigenvalue weighted by atomic mass is 9.89. The van der Waals surface area contributed by atoms with Crippen molar-refractivity contribution < 1.29 is 0 Å². The van der Waals surface area contributed by atoms with E-state index in [1.54, 1.807) is 0 Å². The van der Waals surface area contributed by atoms with Crippen molar-refractivity contribution >= 4 is 0 Å². The molecule has 0 aromatic rings. The Labute approximate surface area is 78.1 Å². The third kappa shape index (κ3) is 4.10.